The summed E-state index contributed by atoms with van der Waals surface area (Å²) >= 11 is 7.40. The van der Waals surface area contributed by atoms with Crippen LogP contribution in [0, 0.1) is 0 Å². The highest BCUT2D eigenvalue weighted by Crippen LogP contribution is 2.32. The topological polar surface area (TPSA) is 55.3 Å². The number of hydrogen-bond acceptors (Lipinski definition) is 5. The Labute approximate surface area is 161 Å². The number of ether oxygens (including phenoxy) is 1. The Balaban J connectivity index is 1.82. The maximum absolute atomic E-state index is 12.3. The molecule has 3 rings (SSSR count). The number of halogens is 1. The third-order valence-electron chi connectivity index (χ3n) is 3.76. The number of anilines is 2. The van der Waals surface area contributed by atoms with Crippen LogP contribution >= 0.6 is 22.9 Å². The average Bonchev–Trinajstić information content (AvgIpc) is 3.10. The molecule has 0 spiro atoms. The smallest absolute Gasteiger partial charge is 0.230 e. The molecule has 0 radical (unpaired) electrons. The predicted molar refractivity (Wildman–Crippen MR) is 104 cm³/mol. The van der Waals surface area contributed by atoms with Crippen molar-refractivity contribution in [2.24, 2.45) is 0 Å². The molecule has 0 aliphatic carbocycles. The average molecular weight is 388 g/mol. The molecule has 7 heteroatoms. The molecule has 0 atom stereocenters. The zero-order valence-electron chi connectivity index (χ0n) is 14.5. The molecule has 0 fully saturated rings. The van der Waals surface area contributed by atoms with Gasteiger partial charge in [0.2, 0.25) is 5.91 Å². The Morgan fingerprint density at radius 2 is 2.08 bits per heavy atom. The summed E-state index contributed by atoms with van der Waals surface area (Å²) in [7, 11) is 0. The number of carbonyl (C=O) groups excluding carboxylic acids is 1. The standard InChI is InChI=1S/C19H18ClN3O2S/c1-3-14-7-4-5-8-16(14)23(13(2)24)19-22-15(12-26-19)11-25-17-9-6-10-21-18(17)20/h4-10,12H,3,11H2,1-2H3. The van der Waals surface area contributed by atoms with Gasteiger partial charge in [-0.05, 0) is 30.2 Å². The first-order valence-corrected chi connectivity index (χ1v) is 9.42. The van der Waals surface area contributed by atoms with E-state index < -0.39 is 0 Å². The van der Waals surface area contributed by atoms with Crippen LogP contribution < -0.4 is 9.64 Å². The van der Waals surface area contributed by atoms with Gasteiger partial charge in [0.15, 0.2) is 16.0 Å². The molecular formula is C19H18ClN3O2S. The maximum Gasteiger partial charge on any atom is 0.230 e. The molecule has 0 saturated heterocycles. The fraction of sp³-hybridized carbons (Fsp3) is 0.211. The van der Waals surface area contributed by atoms with Gasteiger partial charge >= 0.3 is 0 Å². The van der Waals surface area contributed by atoms with Crippen LogP contribution in [0.5, 0.6) is 5.75 Å². The van der Waals surface area contributed by atoms with Crippen molar-refractivity contribution in [3.8, 4) is 5.75 Å². The Kier molecular flexibility index (Phi) is 5.85. The second-order valence-electron chi connectivity index (χ2n) is 5.54. The number of aromatic nitrogens is 2. The highest BCUT2D eigenvalue weighted by atomic mass is 35.5. The molecule has 1 aromatic carbocycles. The zero-order chi connectivity index (χ0) is 18.5. The highest BCUT2D eigenvalue weighted by molar-refractivity contribution is 7.14. The minimum Gasteiger partial charge on any atom is -0.484 e. The quantitative estimate of drug-likeness (QED) is 0.557. The van der Waals surface area contributed by atoms with Crippen molar-refractivity contribution in [2.45, 2.75) is 26.9 Å². The van der Waals surface area contributed by atoms with E-state index in [1.807, 2.05) is 29.6 Å². The van der Waals surface area contributed by atoms with Crippen molar-refractivity contribution < 1.29 is 9.53 Å². The van der Waals surface area contributed by atoms with Crippen LogP contribution in [-0.2, 0) is 17.8 Å². The lowest BCUT2D eigenvalue weighted by atomic mass is 10.1. The van der Waals surface area contributed by atoms with Crippen LogP contribution in [0.1, 0.15) is 25.1 Å². The molecule has 3 aromatic rings. The van der Waals surface area contributed by atoms with E-state index >= 15 is 0 Å². The molecule has 0 unspecified atom stereocenters. The van der Waals surface area contributed by atoms with Gasteiger partial charge in [0.1, 0.15) is 6.61 Å². The molecular weight excluding hydrogens is 370 g/mol. The fourth-order valence-corrected chi connectivity index (χ4v) is 3.57. The number of nitrogens with zero attached hydrogens (tertiary/aromatic N) is 3. The van der Waals surface area contributed by atoms with Crippen LogP contribution in [0.15, 0.2) is 48.0 Å². The second kappa shape index (κ2) is 8.29. The Morgan fingerprint density at radius 3 is 2.81 bits per heavy atom. The Bertz CT molecular complexity index is 913. The van der Waals surface area contributed by atoms with Crippen LogP contribution in [0.25, 0.3) is 0 Å². The summed E-state index contributed by atoms with van der Waals surface area (Å²) in [6, 6.07) is 11.4. The maximum atomic E-state index is 12.3. The van der Waals surface area contributed by atoms with Gasteiger partial charge in [-0.2, -0.15) is 0 Å². The van der Waals surface area contributed by atoms with Crippen LogP contribution in [-0.4, -0.2) is 15.9 Å². The summed E-state index contributed by atoms with van der Waals surface area (Å²) in [5.41, 5.74) is 2.68. The molecule has 2 heterocycles. The molecule has 0 aliphatic heterocycles. The van der Waals surface area contributed by atoms with Crippen molar-refractivity contribution in [1.82, 2.24) is 9.97 Å². The first-order valence-electron chi connectivity index (χ1n) is 8.16. The Hall–Kier alpha value is -2.44. The largest absolute Gasteiger partial charge is 0.484 e. The lowest BCUT2D eigenvalue weighted by Gasteiger charge is -2.20. The summed E-state index contributed by atoms with van der Waals surface area (Å²) in [6.07, 6.45) is 2.44. The molecule has 0 aliphatic rings. The van der Waals surface area contributed by atoms with Gasteiger partial charge in [-0.25, -0.2) is 9.97 Å². The van der Waals surface area contributed by atoms with E-state index in [1.54, 1.807) is 30.2 Å². The van der Waals surface area contributed by atoms with Gasteiger partial charge in [-0.3, -0.25) is 9.69 Å². The number of hydrogen-bond donors (Lipinski definition) is 0. The molecule has 5 nitrogen and oxygen atoms in total. The summed E-state index contributed by atoms with van der Waals surface area (Å²) in [5, 5.41) is 2.81. The first kappa shape index (κ1) is 18.4. The number of carbonyl (C=O) groups is 1. The van der Waals surface area contributed by atoms with E-state index in [0.29, 0.717) is 16.0 Å². The van der Waals surface area contributed by atoms with Crippen LogP contribution in [0.2, 0.25) is 5.15 Å². The Morgan fingerprint density at radius 1 is 1.27 bits per heavy atom. The summed E-state index contributed by atoms with van der Waals surface area (Å²) in [6.45, 7) is 3.86. The van der Waals surface area contributed by atoms with Crippen molar-refractivity contribution in [2.75, 3.05) is 4.90 Å². The summed E-state index contributed by atoms with van der Waals surface area (Å²) in [5.74, 6) is 0.423. The molecule has 0 N–H and O–H groups in total. The lowest BCUT2D eigenvalue weighted by molar-refractivity contribution is -0.115. The molecule has 0 bridgehead atoms. The third-order valence-corrected chi connectivity index (χ3v) is 4.92. The fourth-order valence-electron chi connectivity index (χ4n) is 2.53. The number of pyridine rings is 1. The molecule has 2 aromatic heterocycles. The minimum absolute atomic E-state index is 0.0805. The third kappa shape index (κ3) is 4.03. The summed E-state index contributed by atoms with van der Waals surface area (Å²) in [4.78, 5) is 22.5. The van der Waals surface area contributed by atoms with Crippen LogP contribution in [0.3, 0.4) is 0 Å². The SMILES string of the molecule is CCc1ccccc1N(C(C)=O)c1nc(COc2cccnc2Cl)cs1. The number of benzene rings is 1. The van der Waals surface area contributed by atoms with E-state index in [1.165, 1.54) is 11.3 Å². The van der Waals surface area contributed by atoms with Crippen molar-refractivity contribution >= 4 is 39.7 Å². The highest BCUT2D eigenvalue weighted by Gasteiger charge is 2.20. The van der Waals surface area contributed by atoms with Gasteiger partial charge < -0.3 is 4.74 Å². The van der Waals surface area contributed by atoms with Gasteiger partial charge in [0.25, 0.3) is 0 Å². The molecule has 1 amide bonds. The molecule has 134 valence electrons. The van der Waals surface area contributed by atoms with Crippen molar-refractivity contribution in [3.63, 3.8) is 0 Å². The number of amides is 1. The zero-order valence-corrected chi connectivity index (χ0v) is 16.0. The van der Waals surface area contributed by atoms with Gasteiger partial charge in [-0.1, -0.05) is 36.7 Å². The molecule has 26 heavy (non-hydrogen) atoms. The molecule has 0 saturated carbocycles. The summed E-state index contributed by atoms with van der Waals surface area (Å²) < 4.78 is 5.67. The normalized spacial score (nSPS) is 10.6. The van der Waals surface area contributed by atoms with Gasteiger partial charge in [-0.15, -0.1) is 11.3 Å². The predicted octanol–water partition coefficient (Wildman–Crippen LogP) is 5.02. The van der Waals surface area contributed by atoms with Crippen LogP contribution in [0.4, 0.5) is 10.8 Å². The van der Waals surface area contributed by atoms with E-state index in [9.17, 15) is 4.79 Å². The minimum atomic E-state index is -0.0805. The van der Waals surface area contributed by atoms with Crippen molar-refractivity contribution in [3.05, 3.63) is 64.4 Å². The number of aryl methyl sites for hydroxylation is 1. The van der Waals surface area contributed by atoms with Crippen molar-refractivity contribution in [1.29, 1.82) is 0 Å². The van der Waals surface area contributed by atoms with E-state index in [2.05, 4.69) is 16.9 Å². The number of thiazole rings is 1. The van der Waals surface area contributed by atoms with Gasteiger partial charge in [0.05, 0.1) is 11.4 Å². The lowest BCUT2D eigenvalue weighted by Crippen LogP contribution is -2.23. The second-order valence-corrected chi connectivity index (χ2v) is 6.73. The van der Waals surface area contributed by atoms with E-state index in [0.717, 1.165) is 23.4 Å². The monoisotopic (exact) mass is 387 g/mol. The number of rotatable bonds is 6. The van der Waals surface area contributed by atoms with Gasteiger partial charge in [0, 0.05) is 18.5 Å². The first-order chi connectivity index (χ1) is 12.6. The number of para-hydroxylation sites is 1. The van der Waals surface area contributed by atoms with E-state index in [-0.39, 0.29) is 12.5 Å². The van der Waals surface area contributed by atoms with E-state index in [4.69, 9.17) is 16.3 Å².